The summed E-state index contributed by atoms with van der Waals surface area (Å²) in [6, 6.07) is 8.35. The zero-order chi connectivity index (χ0) is 10.7. The first-order valence-electron chi connectivity index (χ1n) is 5.62. The van der Waals surface area contributed by atoms with Crippen molar-refractivity contribution in [1.29, 1.82) is 0 Å². The highest BCUT2D eigenvalue weighted by Gasteiger charge is 2.22. The van der Waals surface area contributed by atoms with E-state index in [-0.39, 0.29) is 5.41 Å². The van der Waals surface area contributed by atoms with Crippen LogP contribution in [0.5, 0.6) is 5.75 Å². The summed E-state index contributed by atoms with van der Waals surface area (Å²) in [5.74, 6) is 1.04. The zero-order valence-electron chi connectivity index (χ0n) is 9.49. The van der Waals surface area contributed by atoms with Crippen LogP contribution in [0.1, 0.15) is 25.8 Å². The summed E-state index contributed by atoms with van der Waals surface area (Å²) in [4.78, 5) is 0. The summed E-state index contributed by atoms with van der Waals surface area (Å²) < 4.78 is 5.68. The van der Waals surface area contributed by atoms with Gasteiger partial charge in [-0.05, 0) is 29.9 Å². The van der Waals surface area contributed by atoms with E-state index in [1.807, 2.05) is 6.07 Å². The minimum atomic E-state index is 0.278. The quantitative estimate of drug-likeness (QED) is 0.632. The fourth-order valence-electron chi connectivity index (χ4n) is 2.00. The van der Waals surface area contributed by atoms with E-state index in [0.29, 0.717) is 6.61 Å². The van der Waals surface area contributed by atoms with E-state index >= 15 is 0 Å². The van der Waals surface area contributed by atoms with Crippen LogP contribution < -0.4 is 4.74 Å². The van der Waals surface area contributed by atoms with Crippen molar-refractivity contribution >= 4 is 0 Å². The SMILES string of the molecule is CCC1(C)/C=C/COc2ccccc2C1. The second-order valence-corrected chi connectivity index (χ2v) is 4.51. The van der Waals surface area contributed by atoms with Gasteiger partial charge < -0.3 is 4.74 Å². The van der Waals surface area contributed by atoms with Crippen LogP contribution in [0, 0.1) is 5.41 Å². The molecule has 1 heterocycles. The summed E-state index contributed by atoms with van der Waals surface area (Å²) in [6.45, 7) is 5.24. The second kappa shape index (κ2) is 4.09. The normalized spacial score (nSPS) is 27.1. The van der Waals surface area contributed by atoms with Crippen molar-refractivity contribution in [3.63, 3.8) is 0 Å². The maximum absolute atomic E-state index is 5.68. The van der Waals surface area contributed by atoms with Gasteiger partial charge in [0.15, 0.2) is 0 Å². The molecule has 0 fully saturated rings. The molecule has 1 unspecified atom stereocenters. The topological polar surface area (TPSA) is 9.23 Å². The van der Waals surface area contributed by atoms with Crippen LogP contribution in [0.2, 0.25) is 0 Å². The van der Waals surface area contributed by atoms with Gasteiger partial charge in [0, 0.05) is 0 Å². The highest BCUT2D eigenvalue weighted by atomic mass is 16.5. The number of rotatable bonds is 1. The van der Waals surface area contributed by atoms with E-state index in [0.717, 1.165) is 18.6 Å². The van der Waals surface area contributed by atoms with Crippen molar-refractivity contribution < 1.29 is 4.74 Å². The van der Waals surface area contributed by atoms with Crippen LogP contribution in [0.15, 0.2) is 36.4 Å². The van der Waals surface area contributed by atoms with Crippen molar-refractivity contribution in [3.05, 3.63) is 42.0 Å². The molecule has 0 amide bonds. The molecule has 1 aliphatic rings. The van der Waals surface area contributed by atoms with Crippen LogP contribution >= 0.6 is 0 Å². The molecule has 1 heteroatoms. The van der Waals surface area contributed by atoms with Gasteiger partial charge in [0.2, 0.25) is 0 Å². The molecule has 1 aliphatic heterocycles. The summed E-state index contributed by atoms with van der Waals surface area (Å²) in [5.41, 5.74) is 1.60. The third-order valence-electron chi connectivity index (χ3n) is 3.23. The lowest BCUT2D eigenvalue weighted by atomic mass is 9.80. The monoisotopic (exact) mass is 202 g/mol. The Morgan fingerprint density at radius 3 is 2.93 bits per heavy atom. The maximum atomic E-state index is 5.68. The second-order valence-electron chi connectivity index (χ2n) is 4.51. The lowest BCUT2D eigenvalue weighted by molar-refractivity contribution is 0.330. The number of ether oxygens (including phenoxy) is 1. The molecule has 0 spiro atoms. The Morgan fingerprint density at radius 2 is 2.13 bits per heavy atom. The molecule has 0 bridgehead atoms. The van der Waals surface area contributed by atoms with Crippen LogP contribution in [0.4, 0.5) is 0 Å². The molecule has 15 heavy (non-hydrogen) atoms. The fraction of sp³-hybridized carbons (Fsp3) is 0.429. The largest absolute Gasteiger partial charge is 0.489 e. The maximum Gasteiger partial charge on any atom is 0.122 e. The zero-order valence-corrected chi connectivity index (χ0v) is 9.49. The molecule has 1 nitrogen and oxygen atoms in total. The van der Waals surface area contributed by atoms with Crippen LogP contribution in [-0.4, -0.2) is 6.61 Å². The Labute approximate surface area is 91.8 Å². The molecule has 0 aromatic heterocycles. The highest BCUT2D eigenvalue weighted by molar-refractivity contribution is 5.35. The molecule has 0 aliphatic carbocycles. The first-order valence-corrected chi connectivity index (χ1v) is 5.62. The van der Waals surface area contributed by atoms with E-state index < -0.39 is 0 Å². The number of benzene rings is 1. The number of fused-ring (bicyclic) bond motifs is 1. The molecule has 1 aromatic carbocycles. The third kappa shape index (κ3) is 2.23. The van der Waals surface area contributed by atoms with Gasteiger partial charge in [-0.25, -0.2) is 0 Å². The van der Waals surface area contributed by atoms with Gasteiger partial charge in [-0.1, -0.05) is 44.2 Å². The third-order valence-corrected chi connectivity index (χ3v) is 3.23. The molecule has 80 valence electrons. The van der Waals surface area contributed by atoms with Gasteiger partial charge in [-0.2, -0.15) is 0 Å². The molecule has 0 saturated carbocycles. The van der Waals surface area contributed by atoms with Crippen molar-refractivity contribution in [2.45, 2.75) is 26.7 Å². The van der Waals surface area contributed by atoms with Crippen molar-refractivity contribution in [3.8, 4) is 5.75 Å². The first-order chi connectivity index (χ1) is 7.23. The van der Waals surface area contributed by atoms with Gasteiger partial charge in [-0.3, -0.25) is 0 Å². The average Bonchev–Trinajstić information content (AvgIpc) is 2.24. The molecular weight excluding hydrogens is 184 g/mol. The summed E-state index contributed by atoms with van der Waals surface area (Å²) in [5, 5.41) is 0. The van der Waals surface area contributed by atoms with Gasteiger partial charge >= 0.3 is 0 Å². The molecule has 1 atom stereocenters. The predicted octanol–water partition coefficient (Wildman–Crippen LogP) is 3.59. The molecule has 0 N–H and O–H groups in total. The number of allylic oxidation sites excluding steroid dienone is 1. The van der Waals surface area contributed by atoms with Crippen LogP contribution in [0.3, 0.4) is 0 Å². The van der Waals surface area contributed by atoms with Crippen molar-refractivity contribution in [1.82, 2.24) is 0 Å². The van der Waals surface area contributed by atoms with Crippen LogP contribution in [0.25, 0.3) is 0 Å². The standard InChI is InChI=1S/C14H18O/c1-3-14(2)9-6-10-15-13-8-5-4-7-12(13)11-14/h4-9H,3,10-11H2,1-2H3/b9-6+. The Bertz CT molecular complexity index is 367. The number of hydrogen-bond acceptors (Lipinski definition) is 1. The summed E-state index contributed by atoms with van der Waals surface area (Å²) in [7, 11) is 0. The predicted molar refractivity (Wildman–Crippen MR) is 63.2 cm³/mol. The van der Waals surface area contributed by atoms with E-state index in [9.17, 15) is 0 Å². The highest BCUT2D eigenvalue weighted by Crippen LogP contribution is 2.33. The molecule has 1 aromatic rings. The van der Waals surface area contributed by atoms with Gasteiger partial charge in [0.1, 0.15) is 12.4 Å². The van der Waals surface area contributed by atoms with Gasteiger partial charge in [-0.15, -0.1) is 0 Å². The van der Waals surface area contributed by atoms with E-state index in [1.54, 1.807) is 0 Å². The van der Waals surface area contributed by atoms with Gasteiger partial charge in [0.05, 0.1) is 0 Å². The van der Waals surface area contributed by atoms with Crippen molar-refractivity contribution in [2.75, 3.05) is 6.61 Å². The Balaban J connectivity index is 2.35. The molecule has 2 rings (SSSR count). The minimum absolute atomic E-state index is 0.278. The minimum Gasteiger partial charge on any atom is -0.489 e. The summed E-state index contributed by atoms with van der Waals surface area (Å²) in [6.07, 6.45) is 6.66. The number of hydrogen-bond donors (Lipinski definition) is 0. The van der Waals surface area contributed by atoms with E-state index in [4.69, 9.17) is 4.74 Å². The fourth-order valence-corrected chi connectivity index (χ4v) is 2.00. The van der Waals surface area contributed by atoms with E-state index in [1.165, 1.54) is 5.56 Å². The molecule has 0 saturated heterocycles. The Kier molecular flexibility index (Phi) is 2.81. The Hall–Kier alpha value is -1.24. The molecular formula is C14H18O. The van der Waals surface area contributed by atoms with Gasteiger partial charge in [0.25, 0.3) is 0 Å². The van der Waals surface area contributed by atoms with Crippen molar-refractivity contribution in [2.24, 2.45) is 5.41 Å². The number of para-hydroxylation sites is 1. The Morgan fingerprint density at radius 1 is 1.33 bits per heavy atom. The van der Waals surface area contributed by atoms with E-state index in [2.05, 4.69) is 44.2 Å². The average molecular weight is 202 g/mol. The lowest BCUT2D eigenvalue weighted by Crippen LogP contribution is -2.18. The smallest absolute Gasteiger partial charge is 0.122 e. The van der Waals surface area contributed by atoms with Crippen LogP contribution in [-0.2, 0) is 6.42 Å². The summed E-state index contributed by atoms with van der Waals surface area (Å²) >= 11 is 0. The lowest BCUT2D eigenvalue weighted by Gasteiger charge is -2.27. The first kappa shape index (κ1) is 10.3. The molecule has 0 radical (unpaired) electrons.